The van der Waals surface area contributed by atoms with E-state index in [2.05, 4.69) is 0 Å². The molecule has 0 unspecified atom stereocenters. The van der Waals surface area contributed by atoms with Gasteiger partial charge >= 0.3 is 0 Å². The maximum Gasteiger partial charge on any atom is 0.266 e. The lowest BCUT2D eigenvalue weighted by atomic mass is 10.1. The van der Waals surface area contributed by atoms with Gasteiger partial charge < -0.3 is 0 Å². The van der Waals surface area contributed by atoms with Gasteiger partial charge in [0.1, 0.15) is 11.6 Å². The molecule has 0 fully saturated rings. The predicted molar refractivity (Wildman–Crippen MR) is 102 cm³/mol. The number of hydrogen-bond acceptors (Lipinski definition) is 4. The van der Waals surface area contributed by atoms with Crippen molar-refractivity contribution in [1.82, 2.24) is 0 Å². The van der Waals surface area contributed by atoms with Crippen molar-refractivity contribution in [2.75, 3.05) is 9.80 Å². The van der Waals surface area contributed by atoms with Gasteiger partial charge in [0.05, 0.1) is 33.6 Å². The molecule has 0 radical (unpaired) electrons. The van der Waals surface area contributed by atoms with Crippen molar-refractivity contribution in [2.24, 2.45) is 0 Å². The molecule has 0 saturated carbocycles. The van der Waals surface area contributed by atoms with Gasteiger partial charge in [-0.2, -0.15) is 0 Å². The maximum absolute atomic E-state index is 13.5. The lowest BCUT2D eigenvalue weighted by Gasteiger charge is -2.17. The van der Waals surface area contributed by atoms with Crippen LogP contribution in [0.2, 0.25) is 0 Å². The molecule has 30 heavy (non-hydrogen) atoms. The van der Waals surface area contributed by atoms with Gasteiger partial charge in [-0.05, 0) is 60.7 Å². The molecule has 2 aliphatic heterocycles. The summed E-state index contributed by atoms with van der Waals surface area (Å²) >= 11 is 0. The average Bonchev–Trinajstić information content (AvgIpc) is 3.12. The zero-order valence-corrected chi connectivity index (χ0v) is 15.1. The van der Waals surface area contributed by atoms with E-state index in [1.54, 1.807) is 0 Å². The molecule has 0 saturated heterocycles. The van der Waals surface area contributed by atoms with Crippen LogP contribution in [0, 0.1) is 11.6 Å². The van der Waals surface area contributed by atoms with Crippen LogP contribution in [0.1, 0.15) is 41.4 Å². The molecule has 0 atom stereocenters. The van der Waals surface area contributed by atoms with E-state index in [-0.39, 0.29) is 33.6 Å². The summed E-state index contributed by atoms with van der Waals surface area (Å²) in [5, 5.41) is 0. The van der Waals surface area contributed by atoms with E-state index in [0.717, 1.165) is 34.1 Å². The second-order valence-electron chi connectivity index (χ2n) is 6.79. The Balaban J connectivity index is 1.48. The van der Waals surface area contributed by atoms with Crippen molar-refractivity contribution in [2.45, 2.75) is 0 Å². The third kappa shape index (κ3) is 2.40. The van der Waals surface area contributed by atoms with E-state index in [1.165, 1.54) is 36.4 Å². The van der Waals surface area contributed by atoms with Gasteiger partial charge in [0.25, 0.3) is 23.6 Å². The van der Waals surface area contributed by atoms with Gasteiger partial charge in [0.2, 0.25) is 0 Å². The van der Waals surface area contributed by atoms with Crippen molar-refractivity contribution < 1.29 is 28.0 Å². The van der Waals surface area contributed by atoms with Crippen LogP contribution in [-0.2, 0) is 0 Å². The van der Waals surface area contributed by atoms with Gasteiger partial charge in [-0.15, -0.1) is 0 Å². The summed E-state index contributed by atoms with van der Waals surface area (Å²) in [4.78, 5) is 52.1. The van der Waals surface area contributed by atoms with E-state index in [4.69, 9.17) is 0 Å². The number of benzene rings is 3. The van der Waals surface area contributed by atoms with Crippen molar-refractivity contribution in [1.29, 1.82) is 0 Å². The van der Waals surface area contributed by atoms with Gasteiger partial charge in [0.15, 0.2) is 0 Å². The standard InChI is InChI=1S/C22H10F2N2O4/c23-11-1-7-15-17(9-11)21(29)25(19(15)27)13-3-5-14(6-4-13)26-20(28)16-8-2-12(24)10-18(16)22(26)30/h1-10H. The van der Waals surface area contributed by atoms with Crippen LogP contribution in [-0.4, -0.2) is 23.6 Å². The summed E-state index contributed by atoms with van der Waals surface area (Å²) in [5.74, 6) is -3.79. The molecule has 146 valence electrons. The van der Waals surface area contributed by atoms with Crippen LogP contribution in [0.3, 0.4) is 0 Å². The van der Waals surface area contributed by atoms with Crippen LogP contribution < -0.4 is 9.80 Å². The molecule has 0 N–H and O–H groups in total. The summed E-state index contributed by atoms with van der Waals surface area (Å²) in [7, 11) is 0. The fourth-order valence-electron chi connectivity index (χ4n) is 3.65. The zero-order chi connectivity index (χ0) is 21.2. The Hall–Kier alpha value is -4.20. The number of anilines is 2. The lowest BCUT2D eigenvalue weighted by molar-refractivity contribution is 0.0909. The first kappa shape index (κ1) is 17.9. The topological polar surface area (TPSA) is 74.8 Å². The summed E-state index contributed by atoms with van der Waals surface area (Å²) < 4.78 is 26.9. The average molecular weight is 404 g/mol. The number of hydrogen-bond donors (Lipinski definition) is 0. The quantitative estimate of drug-likeness (QED) is 0.612. The fourth-order valence-corrected chi connectivity index (χ4v) is 3.65. The zero-order valence-electron chi connectivity index (χ0n) is 15.1. The Morgan fingerprint density at radius 3 is 1.17 bits per heavy atom. The van der Waals surface area contributed by atoms with Gasteiger partial charge in [0, 0.05) is 0 Å². The van der Waals surface area contributed by atoms with Gasteiger partial charge in [-0.1, -0.05) is 0 Å². The van der Waals surface area contributed by atoms with E-state index in [0.29, 0.717) is 0 Å². The van der Waals surface area contributed by atoms with Crippen molar-refractivity contribution in [3.05, 3.63) is 94.6 Å². The molecular formula is C22H10F2N2O4. The summed E-state index contributed by atoms with van der Waals surface area (Å²) in [6.45, 7) is 0. The van der Waals surface area contributed by atoms with E-state index in [9.17, 15) is 28.0 Å². The van der Waals surface area contributed by atoms with E-state index >= 15 is 0 Å². The Kier molecular flexibility index (Phi) is 3.66. The monoisotopic (exact) mass is 404 g/mol. The predicted octanol–water partition coefficient (Wildman–Crippen LogP) is 3.57. The smallest absolute Gasteiger partial charge is 0.266 e. The number of carbonyl (C=O) groups excluding carboxylic acids is 4. The largest absolute Gasteiger partial charge is 0.268 e. The van der Waals surface area contributed by atoms with Crippen molar-refractivity contribution in [3.8, 4) is 0 Å². The summed E-state index contributed by atoms with van der Waals surface area (Å²) in [5.41, 5.74) is 0.514. The molecular weight excluding hydrogens is 394 g/mol. The maximum atomic E-state index is 13.5. The second kappa shape index (κ2) is 6.15. The van der Waals surface area contributed by atoms with Crippen molar-refractivity contribution >= 4 is 35.0 Å². The van der Waals surface area contributed by atoms with Crippen LogP contribution in [0.25, 0.3) is 0 Å². The molecule has 4 amide bonds. The highest BCUT2D eigenvalue weighted by molar-refractivity contribution is 6.35. The normalized spacial score (nSPS) is 15.1. The number of imide groups is 2. The fraction of sp³-hybridized carbons (Fsp3) is 0. The SMILES string of the molecule is O=C1c2ccc(F)cc2C(=O)N1c1ccc(N2C(=O)c3ccc(F)cc3C2=O)cc1. The molecule has 0 aromatic heterocycles. The summed E-state index contributed by atoms with van der Waals surface area (Å²) in [6.07, 6.45) is 0. The highest BCUT2D eigenvalue weighted by atomic mass is 19.1. The van der Waals surface area contributed by atoms with Crippen LogP contribution >= 0.6 is 0 Å². The first-order valence-electron chi connectivity index (χ1n) is 8.83. The number of nitrogens with zero attached hydrogens (tertiary/aromatic N) is 2. The van der Waals surface area contributed by atoms with Crippen LogP contribution in [0.4, 0.5) is 20.2 Å². The van der Waals surface area contributed by atoms with Crippen molar-refractivity contribution in [3.63, 3.8) is 0 Å². The number of fused-ring (bicyclic) bond motifs is 2. The first-order chi connectivity index (χ1) is 14.4. The number of amides is 4. The van der Waals surface area contributed by atoms with E-state index in [1.807, 2.05) is 0 Å². The molecule has 3 aromatic rings. The third-order valence-corrected chi connectivity index (χ3v) is 5.06. The second-order valence-corrected chi connectivity index (χ2v) is 6.79. The van der Waals surface area contributed by atoms with Gasteiger partial charge in [-0.25, -0.2) is 18.6 Å². The molecule has 0 bridgehead atoms. The molecule has 2 aliphatic rings. The lowest BCUT2D eigenvalue weighted by Crippen LogP contribution is -2.30. The molecule has 0 aliphatic carbocycles. The van der Waals surface area contributed by atoms with Crippen LogP contribution in [0.15, 0.2) is 60.7 Å². The number of carbonyl (C=O) groups is 4. The Morgan fingerprint density at radius 2 is 0.800 bits per heavy atom. The minimum Gasteiger partial charge on any atom is -0.268 e. The molecule has 3 aromatic carbocycles. The molecule has 0 spiro atoms. The third-order valence-electron chi connectivity index (χ3n) is 5.06. The Morgan fingerprint density at radius 1 is 0.467 bits per heavy atom. The van der Waals surface area contributed by atoms with Crippen LogP contribution in [0.5, 0.6) is 0 Å². The molecule has 8 heteroatoms. The van der Waals surface area contributed by atoms with Gasteiger partial charge in [-0.3, -0.25) is 19.2 Å². The minimum atomic E-state index is -0.668. The Bertz CT molecular complexity index is 1200. The molecule has 6 nitrogen and oxygen atoms in total. The van der Waals surface area contributed by atoms with E-state index < -0.39 is 35.3 Å². The highest BCUT2D eigenvalue weighted by Crippen LogP contribution is 2.33. The minimum absolute atomic E-state index is 0.0357. The number of rotatable bonds is 2. The Labute approximate surface area is 167 Å². The number of halogens is 2. The molecule has 2 heterocycles. The molecule has 5 rings (SSSR count). The summed E-state index contributed by atoms with van der Waals surface area (Å²) in [6, 6.07) is 12.3. The first-order valence-corrected chi connectivity index (χ1v) is 8.83. The highest BCUT2D eigenvalue weighted by Gasteiger charge is 2.39.